The van der Waals surface area contributed by atoms with Gasteiger partial charge in [0.05, 0.1) is 22.3 Å². The zero-order valence-corrected chi connectivity index (χ0v) is 30.0. The van der Waals surface area contributed by atoms with Crippen molar-refractivity contribution in [3.8, 4) is 39.9 Å². The maximum absolute atomic E-state index is 7.01. The summed E-state index contributed by atoms with van der Waals surface area (Å²) in [6.45, 7) is 0. The van der Waals surface area contributed by atoms with E-state index in [2.05, 4.69) is 126 Å². The van der Waals surface area contributed by atoms with Crippen molar-refractivity contribution in [2.24, 2.45) is 0 Å². The van der Waals surface area contributed by atoms with Crippen molar-refractivity contribution in [2.75, 3.05) is 0 Å². The number of hydrogen-bond donors (Lipinski definition) is 0. The quantitative estimate of drug-likeness (QED) is 0.182. The van der Waals surface area contributed by atoms with Gasteiger partial charge in [-0.15, -0.1) is 0 Å². The third kappa shape index (κ3) is 4.58. The van der Waals surface area contributed by atoms with E-state index in [1.54, 1.807) is 0 Å². The fourth-order valence-corrected chi connectivity index (χ4v) is 8.60. The maximum atomic E-state index is 7.01. The largest absolute Gasteiger partial charge is 0.455 e. The molecular weight excluding hydrogens is 685 g/mol. The molecule has 0 unspecified atom stereocenters. The molecule has 12 rings (SSSR count). The molecule has 0 aliphatic carbocycles. The zero-order chi connectivity index (χ0) is 36.7. The second kappa shape index (κ2) is 11.9. The molecule has 0 fully saturated rings. The van der Waals surface area contributed by atoms with E-state index in [1.807, 2.05) is 60.7 Å². The monoisotopic (exact) mass is 714 g/mol. The number of furan rings is 1. The molecule has 0 amide bonds. The van der Waals surface area contributed by atoms with Crippen LogP contribution < -0.4 is 0 Å². The predicted octanol–water partition coefficient (Wildman–Crippen LogP) is 13.3. The summed E-state index contributed by atoms with van der Waals surface area (Å²) in [4.78, 5) is 15.1. The van der Waals surface area contributed by atoms with E-state index in [4.69, 9.17) is 19.4 Å². The Kier molecular flexibility index (Phi) is 6.56. The summed E-state index contributed by atoms with van der Waals surface area (Å²) in [7, 11) is 0. The molecule has 0 bridgehead atoms. The van der Waals surface area contributed by atoms with Crippen molar-refractivity contribution in [3.05, 3.63) is 182 Å². The average Bonchev–Trinajstić information content (AvgIpc) is 3.81. The molecule has 9 aromatic carbocycles. The van der Waals surface area contributed by atoms with Gasteiger partial charge in [-0.25, -0.2) is 15.0 Å². The Morgan fingerprint density at radius 1 is 0.357 bits per heavy atom. The van der Waals surface area contributed by atoms with Gasteiger partial charge in [0.2, 0.25) is 0 Å². The highest BCUT2D eigenvalue weighted by Gasteiger charge is 2.23. The Morgan fingerprint density at radius 3 is 1.66 bits per heavy atom. The number of aromatic nitrogens is 4. The van der Waals surface area contributed by atoms with Crippen LogP contribution in [-0.4, -0.2) is 19.5 Å². The first-order chi connectivity index (χ1) is 27.8. The molecule has 12 aromatic rings. The molecule has 0 aliphatic heterocycles. The summed E-state index contributed by atoms with van der Waals surface area (Å²) in [5.41, 5.74) is 7.70. The van der Waals surface area contributed by atoms with E-state index in [0.29, 0.717) is 17.5 Å². The minimum absolute atomic E-state index is 0.563. The van der Waals surface area contributed by atoms with E-state index in [1.165, 1.54) is 43.4 Å². The third-order valence-corrected chi connectivity index (χ3v) is 11.2. The zero-order valence-electron chi connectivity index (χ0n) is 30.0. The number of nitrogens with zero attached hydrogens (tertiary/aromatic N) is 4. The van der Waals surface area contributed by atoms with Gasteiger partial charge >= 0.3 is 0 Å². The molecular formula is C51H30N4O. The molecule has 0 N–H and O–H groups in total. The predicted molar refractivity (Wildman–Crippen MR) is 230 cm³/mol. The van der Waals surface area contributed by atoms with Crippen molar-refractivity contribution in [2.45, 2.75) is 0 Å². The highest BCUT2D eigenvalue weighted by Crippen LogP contribution is 2.44. The summed E-state index contributed by atoms with van der Waals surface area (Å²) in [5, 5.41) is 11.5. The molecule has 0 spiro atoms. The molecule has 3 aromatic heterocycles. The van der Waals surface area contributed by atoms with Gasteiger partial charge in [-0.3, -0.25) is 0 Å². The fourth-order valence-electron chi connectivity index (χ4n) is 8.60. The lowest BCUT2D eigenvalue weighted by atomic mass is 10.0. The molecule has 0 saturated carbocycles. The van der Waals surface area contributed by atoms with Crippen LogP contribution in [-0.2, 0) is 0 Å². The topological polar surface area (TPSA) is 56.7 Å². The summed E-state index contributed by atoms with van der Waals surface area (Å²) >= 11 is 0. The minimum Gasteiger partial charge on any atom is -0.455 e. The van der Waals surface area contributed by atoms with Crippen LogP contribution in [0.2, 0.25) is 0 Å². The summed E-state index contributed by atoms with van der Waals surface area (Å²) in [5.74, 6) is 1.79. The number of benzene rings is 9. The lowest BCUT2D eigenvalue weighted by molar-refractivity contribution is 0.673. The van der Waals surface area contributed by atoms with E-state index in [9.17, 15) is 0 Å². The van der Waals surface area contributed by atoms with Crippen molar-refractivity contribution < 1.29 is 4.42 Å². The Hall–Kier alpha value is -7.63. The number of rotatable bonds is 4. The van der Waals surface area contributed by atoms with Gasteiger partial charge in [-0.2, -0.15) is 0 Å². The Labute approximate surface area is 320 Å². The molecule has 0 radical (unpaired) electrons. The SMILES string of the molecule is c1ccc(-c2nc(-c3ccccc3)nc(-c3cccc4c3oc3c5ccccc5c(-n5c6cc7ccccc7cc6c6ccc7ccccc7c65)cc43)n2)cc1. The third-order valence-electron chi connectivity index (χ3n) is 11.2. The first kappa shape index (κ1) is 30.8. The van der Waals surface area contributed by atoms with Gasteiger partial charge in [0.1, 0.15) is 11.2 Å². The van der Waals surface area contributed by atoms with Crippen molar-refractivity contribution in [1.29, 1.82) is 0 Å². The van der Waals surface area contributed by atoms with Crippen LogP contribution in [0.15, 0.2) is 186 Å². The van der Waals surface area contributed by atoms with Crippen LogP contribution in [0.5, 0.6) is 0 Å². The smallest absolute Gasteiger partial charge is 0.167 e. The van der Waals surface area contributed by atoms with Crippen LogP contribution in [0.3, 0.4) is 0 Å². The van der Waals surface area contributed by atoms with E-state index in [-0.39, 0.29) is 0 Å². The standard InChI is InChI=1S/C51H30N4O/c1-3-15-32(16-4-1)49-52-50(33-17-5-2-6-18-33)54-51(53-49)41-25-13-24-40-43-30-45(37-22-11-12-23-39(37)48(43)56-47(40)41)55-44-29-35-20-8-7-19-34(35)28-42(44)38-27-26-31-14-9-10-21-36(31)46(38)55/h1-30H. The van der Waals surface area contributed by atoms with Gasteiger partial charge in [-0.1, -0.05) is 158 Å². The van der Waals surface area contributed by atoms with Crippen LogP contribution in [0.1, 0.15) is 0 Å². The Bertz CT molecular complexity index is 3470. The molecule has 0 atom stereocenters. The highest BCUT2D eigenvalue weighted by molar-refractivity contribution is 6.24. The Balaban J connectivity index is 1.17. The molecule has 3 heterocycles. The summed E-state index contributed by atoms with van der Waals surface area (Å²) in [6, 6.07) is 63.9. The maximum Gasteiger partial charge on any atom is 0.167 e. The Morgan fingerprint density at radius 2 is 0.929 bits per heavy atom. The van der Waals surface area contributed by atoms with Gasteiger partial charge in [0.25, 0.3) is 0 Å². The number of para-hydroxylation sites is 1. The van der Waals surface area contributed by atoms with Gasteiger partial charge < -0.3 is 8.98 Å². The second-order valence-electron chi connectivity index (χ2n) is 14.4. The van der Waals surface area contributed by atoms with E-state index >= 15 is 0 Å². The summed E-state index contributed by atoms with van der Waals surface area (Å²) in [6.07, 6.45) is 0. The number of hydrogen-bond acceptors (Lipinski definition) is 4. The molecule has 0 aliphatic rings. The van der Waals surface area contributed by atoms with Crippen molar-refractivity contribution >= 4 is 76.1 Å². The second-order valence-corrected chi connectivity index (χ2v) is 14.4. The lowest BCUT2D eigenvalue weighted by Gasteiger charge is -2.14. The lowest BCUT2D eigenvalue weighted by Crippen LogP contribution is -2.00. The van der Waals surface area contributed by atoms with Crippen LogP contribution in [0, 0.1) is 0 Å². The van der Waals surface area contributed by atoms with Gasteiger partial charge in [0, 0.05) is 48.8 Å². The van der Waals surface area contributed by atoms with E-state index < -0.39 is 0 Å². The van der Waals surface area contributed by atoms with Crippen molar-refractivity contribution in [1.82, 2.24) is 19.5 Å². The molecule has 5 heteroatoms. The van der Waals surface area contributed by atoms with Crippen LogP contribution in [0.4, 0.5) is 0 Å². The fraction of sp³-hybridized carbons (Fsp3) is 0. The minimum atomic E-state index is 0.563. The van der Waals surface area contributed by atoms with E-state index in [0.717, 1.165) is 55.1 Å². The first-order valence-electron chi connectivity index (χ1n) is 18.9. The highest BCUT2D eigenvalue weighted by atomic mass is 16.3. The molecule has 56 heavy (non-hydrogen) atoms. The molecule has 0 saturated heterocycles. The molecule has 260 valence electrons. The average molecular weight is 715 g/mol. The van der Waals surface area contributed by atoms with Gasteiger partial charge in [0.15, 0.2) is 17.5 Å². The first-order valence-corrected chi connectivity index (χ1v) is 18.9. The van der Waals surface area contributed by atoms with Crippen LogP contribution in [0.25, 0.3) is 116 Å². The summed E-state index contributed by atoms with van der Waals surface area (Å²) < 4.78 is 9.49. The normalized spacial score (nSPS) is 11.9. The van der Waals surface area contributed by atoms with Crippen molar-refractivity contribution in [3.63, 3.8) is 0 Å². The van der Waals surface area contributed by atoms with Gasteiger partial charge in [-0.05, 0) is 40.4 Å². The van der Waals surface area contributed by atoms with Crippen LogP contribution >= 0.6 is 0 Å². The number of fused-ring (bicyclic) bond motifs is 11. The molecule has 5 nitrogen and oxygen atoms in total.